The number of hydrogen-bond acceptors (Lipinski definition) is 2. The smallest absolute Gasteiger partial charge is 0.0131 e. The van der Waals surface area contributed by atoms with Crippen LogP contribution in [-0.4, -0.2) is 31.1 Å². The number of hydrogen-bond donors (Lipinski definition) is 1. The summed E-state index contributed by atoms with van der Waals surface area (Å²) < 4.78 is 0. The number of nitrogens with zero attached hydrogens (tertiary/aromatic N) is 1. The highest BCUT2D eigenvalue weighted by Crippen LogP contribution is 2.38. The first-order chi connectivity index (χ1) is 8.99. The van der Waals surface area contributed by atoms with E-state index in [0.717, 1.165) is 5.92 Å². The molecule has 0 bridgehead atoms. The second-order valence-corrected chi connectivity index (χ2v) is 7.89. The largest absolute Gasteiger partial charge is 0.327 e. The summed E-state index contributed by atoms with van der Waals surface area (Å²) in [7, 11) is 2.31. The molecule has 0 aromatic carbocycles. The molecule has 0 amide bonds. The van der Waals surface area contributed by atoms with Crippen LogP contribution in [0.1, 0.15) is 65.2 Å². The minimum absolute atomic E-state index is 0.342. The van der Waals surface area contributed by atoms with Crippen molar-refractivity contribution in [2.24, 2.45) is 23.0 Å². The van der Waals surface area contributed by atoms with Crippen molar-refractivity contribution in [3.8, 4) is 0 Å². The predicted molar refractivity (Wildman–Crippen MR) is 83.2 cm³/mol. The third kappa shape index (κ3) is 4.19. The number of nitrogens with two attached hydrogens (primary N) is 1. The highest BCUT2D eigenvalue weighted by molar-refractivity contribution is 4.92. The maximum atomic E-state index is 6.51. The molecular formula is C17H34N2. The topological polar surface area (TPSA) is 29.3 Å². The molecule has 2 rings (SSSR count). The van der Waals surface area contributed by atoms with Gasteiger partial charge in [0.2, 0.25) is 0 Å². The summed E-state index contributed by atoms with van der Waals surface area (Å²) in [6, 6.07) is 0.384. The molecule has 2 saturated carbocycles. The normalized spacial score (nSPS) is 32.7. The molecule has 19 heavy (non-hydrogen) atoms. The van der Waals surface area contributed by atoms with Crippen LogP contribution in [0.4, 0.5) is 0 Å². The summed E-state index contributed by atoms with van der Waals surface area (Å²) >= 11 is 0. The van der Waals surface area contributed by atoms with Crippen molar-refractivity contribution in [3.05, 3.63) is 0 Å². The first kappa shape index (κ1) is 15.3. The van der Waals surface area contributed by atoms with Crippen molar-refractivity contribution in [2.75, 3.05) is 20.1 Å². The molecule has 112 valence electrons. The van der Waals surface area contributed by atoms with E-state index >= 15 is 0 Å². The Balaban J connectivity index is 1.79. The van der Waals surface area contributed by atoms with Crippen molar-refractivity contribution < 1.29 is 0 Å². The van der Waals surface area contributed by atoms with Crippen molar-refractivity contribution in [1.29, 1.82) is 0 Å². The Hall–Kier alpha value is -0.0800. The van der Waals surface area contributed by atoms with Crippen LogP contribution in [0, 0.1) is 17.3 Å². The molecule has 2 N–H and O–H groups in total. The maximum Gasteiger partial charge on any atom is 0.0131 e. The lowest BCUT2D eigenvalue weighted by Gasteiger charge is -2.43. The van der Waals surface area contributed by atoms with Crippen LogP contribution in [-0.2, 0) is 0 Å². The lowest BCUT2D eigenvalue weighted by atomic mass is 9.68. The average Bonchev–Trinajstić information content (AvgIpc) is 2.36. The highest BCUT2D eigenvalue weighted by atomic mass is 15.1. The van der Waals surface area contributed by atoms with Crippen molar-refractivity contribution >= 4 is 0 Å². The van der Waals surface area contributed by atoms with E-state index in [1.54, 1.807) is 0 Å². The predicted octanol–water partition coefficient (Wildman–Crippen LogP) is 3.65. The van der Waals surface area contributed by atoms with Gasteiger partial charge in [0.1, 0.15) is 0 Å². The minimum atomic E-state index is 0.342. The molecule has 0 heterocycles. The summed E-state index contributed by atoms with van der Waals surface area (Å²) in [6.07, 6.45) is 11.3. The van der Waals surface area contributed by atoms with Gasteiger partial charge >= 0.3 is 0 Å². The van der Waals surface area contributed by atoms with Gasteiger partial charge in [0, 0.05) is 19.1 Å². The van der Waals surface area contributed by atoms with Gasteiger partial charge in [0.05, 0.1) is 0 Å². The van der Waals surface area contributed by atoms with E-state index < -0.39 is 0 Å². The van der Waals surface area contributed by atoms with Crippen LogP contribution in [0.2, 0.25) is 0 Å². The van der Waals surface area contributed by atoms with E-state index in [1.807, 2.05) is 0 Å². The fourth-order valence-corrected chi connectivity index (χ4v) is 4.29. The lowest BCUT2D eigenvalue weighted by Crippen LogP contribution is -2.50. The van der Waals surface area contributed by atoms with Crippen LogP contribution in [0.5, 0.6) is 0 Å². The summed E-state index contributed by atoms with van der Waals surface area (Å²) in [6.45, 7) is 7.21. The van der Waals surface area contributed by atoms with Gasteiger partial charge in [0.15, 0.2) is 0 Å². The molecule has 0 radical (unpaired) electrons. The van der Waals surface area contributed by atoms with E-state index in [4.69, 9.17) is 5.73 Å². The molecule has 2 aliphatic rings. The SMILES string of the molecule is CN(CC1CCCCC1)CC1CCCC(C)(C)C1N. The lowest BCUT2D eigenvalue weighted by molar-refractivity contribution is 0.102. The maximum absolute atomic E-state index is 6.51. The molecule has 2 heteroatoms. The fraction of sp³-hybridized carbons (Fsp3) is 1.00. The van der Waals surface area contributed by atoms with Gasteiger partial charge in [-0.1, -0.05) is 39.5 Å². The first-order valence-corrected chi connectivity index (χ1v) is 8.43. The van der Waals surface area contributed by atoms with Crippen molar-refractivity contribution in [3.63, 3.8) is 0 Å². The van der Waals surface area contributed by atoms with Crippen LogP contribution in [0.15, 0.2) is 0 Å². The van der Waals surface area contributed by atoms with Gasteiger partial charge in [-0.2, -0.15) is 0 Å². The average molecular weight is 266 g/mol. The zero-order chi connectivity index (χ0) is 13.9. The molecule has 2 unspecified atom stereocenters. The van der Waals surface area contributed by atoms with Gasteiger partial charge < -0.3 is 10.6 Å². The molecule has 2 nitrogen and oxygen atoms in total. The van der Waals surface area contributed by atoms with Gasteiger partial charge in [0.25, 0.3) is 0 Å². The molecule has 2 fully saturated rings. The molecule has 2 atom stereocenters. The quantitative estimate of drug-likeness (QED) is 0.841. The van der Waals surface area contributed by atoms with Crippen LogP contribution >= 0.6 is 0 Å². The second kappa shape index (κ2) is 6.58. The Kier molecular flexibility index (Phi) is 5.30. The van der Waals surface area contributed by atoms with E-state index in [-0.39, 0.29) is 0 Å². The van der Waals surface area contributed by atoms with E-state index in [9.17, 15) is 0 Å². The third-order valence-corrected chi connectivity index (χ3v) is 5.65. The van der Waals surface area contributed by atoms with E-state index in [0.29, 0.717) is 17.4 Å². The van der Waals surface area contributed by atoms with Gasteiger partial charge in [-0.05, 0) is 50.0 Å². The Bertz CT molecular complexity index is 268. The monoisotopic (exact) mass is 266 g/mol. The molecule has 0 aliphatic heterocycles. The van der Waals surface area contributed by atoms with Crippen LogP contribution in [0.25, 0.3) is 0 Å². The summed E-state index contributed by atoms with van der Waals surface area (Å²) in [5, 5.41) is 0. The Morgan fingerprint density at radius 1 is 1.00 bits per heavy atom. The molecule has 0 spiro atoms. The Morgan fingerprint density at radius 2 is 1.68 bits per heavy atom. The fourth-order valence-electron chi connectivity index (χ4n) is 4.29. The van der Waals surface area contributed by atoms with Crippen molar-refractivity contribution in [2.45, 2.75) is 71.3 Å². The van der Waals surface area contributed by atoms with Gasteiger partial charge in [-0.15, -0.1) is 0 Å². The molecule has 2 aliphatic carbocycles. The molecule has 0 saturated heterocycles. The summed E-state index contributed by atoms with van der Waals surface area (Å²) in [5.74, 6) is 1.66. The van der Waals surface area contributed by atoms with Crippen molar-refractivity contribution in [1.82, 2.24) is 4.90 Å². The standard InChI is InChI=1S/C17H34N2/c1-17(2)11-7-10-15(16(17)18)13-19(3)12-14-8-5-4-6-9-14/h14-16H,4-13,18H2,1-3H3. The number of rotatable bonds is 4. The van der Waals surface area contributed by atoms with E-state index in [2.05, 4.69) is 25.8 Å². The zero-order valence-electron chi connectivity index (χ0n) is 13.3. The minimum Gasteiger partial charge on any atom is -0.327 e. The summed E-state index contributed by atoms with van der Waals surface area (Å²) in [5.41, 5.74) is 6.85. The second-order valence-electron chi connectivity index (χ2n) is 7.89. The van der Waals surface area contributed by atoms with Crippen LogP contribution < -0.4 is 5.73 Å². The molecular weight excluding hydrogens is 232 g/mol. The highest BCUT2D eigenvalue weighted by Gasteiger charge is 2.36. The first-order valence-electron chi connectivity index (χ1n) is 8.43. The Morgan fingerprint density at radius 3 is 2.37 bits per heavy atom. The van der Waals surface area contributed by atoms with Gasteiger partial charge in [-0.3, -0.25) is 0 Å². The third-order valence-electron chi connectivity index (χ3n) is 5.65. The molecule has 0 aromatic heterocycles. The van der Waals surface area contributed by atoms with E-state index in [1.165, 1.54) is 64.5 Å². The summed E-state index contributed by atoms with van der Waals surface area (Å²) in [4.78, 5) is 2.57. The van der Waals surface area contributed by atoms with Crippen LogP contribution in [0.3, 0.4) is 0 Å². The zero-order valence-corrected chi connectivity index (χ0v) is 13.3. The van der Waals surface area contributed by atoms with Gasteiger partial charge in [-0.25, -0.2) is 0 Å². The Labute approximate surface area is 120 Å². The molecule has 0 aromatic rings.